The molecular formula is C26H30O2. The number of rotatable bonds is 8. The number of benzene rings is 3. The molecule has 3 rings (SSSR count). The van der Waals surface area contributed by atoms with Crippen LogP contribution in [-0.2, 0) is 6.61 Å². The molecule has 0 spiro atoms. The Morgan fingerprint density at radius 1 is 0.857 bits per heavy atom. The van der Waals surface area contributed by atoms with Gasteiger partial charge in [0.25, 0.3) is 0 Å². The molecule has 0 aromatic heterocycles. The van der Waals surface area contributed by atoms with Crippen LogP contribution in [0.2, 0.25) is 0 Å². The summed E-state index contributed by atoms with van der Waals surface area (Å²) in [6, 6.07) is 25.3. The molecule has 0 radical (unpaired) electrons. The van der Waals surface area contributed by atoms with Crippen molar-refractivity contribution in [2.45, 2.75) is 45.6 Å². The van der Waals surface area contributed by atoms with E-state index in [0.717, 1.165) is 16.9 Å². The van der Waals surface area contributed by atoms with Crippen LogP contribution >= 0.6 is 0 Å². The lowest BCUT2D eigenvalue weighted by Crippen LogP contribution is -2.08. The Kier molecular flexibility index (Phi) is 6.89. The van der Waals surface area contributed by atoms with Crippen molar-refractivity contribution in [3.63, 3.8) is 0 Å². The number of hydrogen-bond donors (Lipinski definition) is 1. The Hall–Kier alpha value is -2.58. The molecule has 28 heavy (non-hydrogen) atoms. The second kappa shape index (κ2) is 9.57. The summed E-state index contributed by atoms with van der Waals surface area (Å²) < 4.78 is 6.21. The Morgan fingerprint density at radius 2 is 1.54 bits per heavy atom. The first kappa shape index (κ1) is 20.2. The van der Waals surface area contributed by atoms with Crippen molar-refractivity contribution in [1.29, 1.82) is 0 Å². The molecule has 1 N–H and O–H groups in total. The molecule has 0 heterocycles. The lowest BCUT2D eigenvalue weighted by molar-refractivity contribution is 0.276. The van der Waals surface area contributed by atoms with E-state index in [1.54, 1.807) is 0 Å². The minimum Gasteiger partial charge on any atom is -0.489 e. The highest BCUT2D eigenvalue weighted by molar-refractivity contribution is 5.45. The summed E-state index contributed by atoms with van der Waals surface area (Å²) >= 11 is 0. The molecular weight excluding hydrogens is 344 g/mol. The lowest BCUT2D eigenvalue weighted by Gasteiger charge is -2.22. The first-order valence-electron chi connectivity index (χ1n) is 10.1. The van der Waals surface area contributed by atoms with Crippen LogP contribution in [0.3, 0.4) is 0 Å². The molecule has 0 saturated heterocycles. The minimum atomic E-state index is 0.108. The van der Waals surface area contributed by atoms with Gasteiger partial charge in [0.05, 0.1) is 0 Å². The first-order chi connectivity index (χ1) is 13.6. The predicted molar refractivity (Wildman–Crippen MR) is 116 cm³/mol. The fourth-order valence-electron chi connectivity index (χ4n) is 3.55. The molecule has 2 nitrogen and oxygen atoms in total. The van der Waals surface area contributed by atoms with Crippen LogP contribution < -0.4 is 4.74 Å². The minimum absolute atomic E-state index is 0.108. The fourth-order valence-corrected chi connectivity index (χ4v) is 3.55. The van der Waals surface area contributed by atoms with E-state index >= 15 is 0 Å². The second-order valence-corrected chi connectivity index (χ2v) is 7.70. The molecule has 1 atom stereocenters. The first-order valence-corrected chi connectivity index (χ1v) is 10.1. The van der Waals surface area contributed by atoms with E-state index in [2.05, 4.69) is 75.4 Å². The van der Waals surface area contributed by atoms with Gasteiger partial charge in [0, 0.05) is 18.1 Å². The normalized spacial score (nSPS) is 12.2. The van der Waals surface area contributed by atoms with Gasteiger partial charge in [0.15, 0.2) is 0 Å². The average molecular weight is 375 g/mol. The standard InChI is InChI=1S/C26H30O2/c1-19(2)22-10-12-23(13-11-22)24(15-16-27)25-17-20(3)9-14-26(25)28-18-21-7-5-4-6-8-21/h4-14,17,19,24,27H,15-16,18H2,1-3H3. The van der Waals surface area contributed by atoms with Gasteiger partial charge in [-0.15, -0.1) is 0 Å². The summed E-state index contributed by atoms with van der Waals surface area (Å²) in [5.41, 5.74) is 6.03. The maximum Gasteiger partial charge on any atom is 0.123 e. The third-order valence-electron chi connectivity index (χ3n) is 5.20. The highest BCUT2D eigenvalue weighted by atomic mass is 16.5. The summed E-state index contributed by atoms with van der Waals surface area (Å²) in [7, 11) is 0. The van der Waals surface area contributed by atoms with Gasteiger partial charge in [0.2, 0.25) is 0 Å². The van der Waals surface area contributed by atoms with Gasteiger partial charge in [-0.05, 0) is 42.0 Å². The molecule has 2 heteroatoms. The van der Waals surface area contributed by atoms with E-state index < -0.39 is 0 Å². The number of aliphatic hydroxyl groups excluding tert-OH is 1. The van der Waals surface area contributed by atoms with Crippen molar-refractivity contribution in [2.75, 3.05) is 6.61 Å². The van der Waals surface area contributed by atoms with Gasteiger partial charge < -0.3 is 9.84 Å². The second-order valence-electron chi connectivity index (χ2n) is 7.70. The zero-order chi connectivity index (χ0) is 19.9. The van der Waals surface area contributed by atoms with E-state index in [9.17, 15) is 5.11 Å². The highest BCUT2D eigenvalue weighted by Gasteiger charge is 2.19. The Bertz CT molecular complexity index is 867. The Labute approximate surface area is 168 Å². The average Bonchev–Trinajstić information content (AvgIpc) is 2.72. The van der Waals surface area contributed by atoms with Crippen LogP contribution in [0, 0.1) is 6.92 Å². The Balaban J connectivity index is 1.91. The number of ether oxygens (including phenoxy) is 1. The quantitative estimate of drug-likeness (QED) is 0.508. The SMILES string of the molecule is Cc1ccc(OCc2ccccc2)c(C(CCO)c2ccc(C(C)C)cc2)c1. The summed E-state index contributed by atoms with van der Waals surface area (Å²) in [6.07, 6.45) is 0.673. The molecule has 0 bridgehead atoms. The van der Waals surface area contributed by atoms with Gasteiger partial charge in [-0.1, -0.05) is 86.1 Å². The molecule has 3 aromatic rings. The summed E-state index contributed by atoms with van der Waals surface area (Å²) in [6.45, 7) is 7.19. The fraction of sp³-hybridized carbons (Fsp3) is 0.308. The molecule has 0 aliphatic rings. The van der Waals surface area contributed by atoms with Gasteiger partial charge in [-0.3, -0.25) is 0 Å². The molecule has 0 amide bonds. The van der Waals surface area contributed by atoms with E-state index in [0.29, 0.717) is 18.9 Å². The summed E-state index contributed by atoms with van der Waals surface area (Å²) in [5.74, 6) is 1.51. The molecule has 1 unspecified atom stereocenters. The van der Waals surface area contributed by atoms with Gasteiger partial charge in [0.1, 0.15) is 12.4 Å². The van der Waals surface area contributed by atoms with E-state index in [1.165, 1.54) is 16.7 Å². The van der Waals surface area contributed by atoms with Crippen molar-refractivity contribution in [1.82, 2.24) is 0 Å². The Morgan fingerprint density at radius 3 is 2.18 bits per heavy atom. The van der Waals surface area contributed by atoms with Gasteiger partial charge in [-0.25, -0.2) is 0 Å². The predicted octanol–water partition coefficient (Wildman–Crippen LogP) is 6.21. The van der Waals surface area contributed by atoms with Gasteiger partial charge >= 0.3 is 0 Å². The molecule has 0 saturated carbocycles. The zero-order valence-corrected chi connectivity index (χ0v) is 17.1. The van der Waals surface area contributed by atoms with Crippen molar-refractivity contribution in [3.05, 3.63) is 101 Å². The number of hydrogen-bond acceptors (Lipinski definition) is 2. The van der Waals surface area contributed by atoms with E-state index in [4.69, 9.17) is 4.74 Å². The van der Waals surface area contributed by atoms with Crippen LogP contribution in [0.4, 0.5) is 0 Å². The largest absolute Gasteiger partial charge is 0.489 e. The maximum absolute atomic E-state index is 9.73. The lowest BCUT2D eigenvalue weighted by atomic mass is 9.86. The van der Waals surface area contributed by atoms with Crippen LogP contribution in [0.5, 0.6) is 5.75 Å². The van der Waals surface area contributed by atoms with Crippen molar-refractivity contribution < 1.29 is 9.84 Å². The maximum atomic E-state index is 9.73. The molecule has 146 valence electrons. The third kappa shape index (κ3) is 5.02. The molecule has 0 aliphatic carbocycles. The zero-order valence-electron chi connectivity index (χ0n) is 17.1. The van der Waals surface area contributed by atoms with Crippen LogP contribution in [0.15, 0.2) is 72.8 Å². The molecule has 3 aromatic carbocycles. The van der Waals surface area contributed by atoms with Crippen LogP contribution in [-0.4, -0.2) is 11.7 Å². The monoisotopic (exact) mass is 374 g/mol. The molecule has 0 fully saturated rings. The van der Waals surface area contributed by atoms with Crippen LogP contribution in [0.1, 0.15) is 59.9 Å². The third-order valence-corrected chi connectivity index (χ3v) is 5.20. The molecule has 0 aliphatic heterocycles. The van der Waals surface area contributed by atoms with Crippen molar-refractivity contribution in [2.24, 2.45) is 0 Å². The number of aryl methyl sites for hydroxylation is 1. The van der Waals surface area contributed by atoms with E-state index in [-0.39, 0.29) is 12.5 Å². The highest BCUT2D eigenvalue weighted by Crippen LogP contribution is 2.36. The summed E-state index contributed by atoms with van der Waals surface area (Å²) in [5, 5.41) is 9.73. The van der Waals surface area contributed by atoms with Crippen molar-refractivity contribution >= 4 is 0 Å². The smallest absolute Gasteiger partial charge is 0.123 e. The van der Waals surface area contributed by atoms with E-state index in [1.807, 2.05) is 18.2 Å². The van der Waals surface area contributed by atoms with Crippen LogP contribution in [0.25, 0.3) is 0 Å². The summed E-state index contributed by atoms with van der Waals surface area (Å²) in [4.78, 5) is 0. The van der Waals surface area contributed by atoms with Crippen molar-refractivity contribution in [3.8, 4) is 5.75 Å². The number of aliphatic hydroxyl groups is 1. The van der Waals surface area contributed by atoms with Gasteiger partial charge in [-0.2, -0.15) is 0 Å². The topological polar surface area (TPSA) is 29.5 Å².